The number of hydrogen-bond donors (Lipinski definition) is 0. The van der Waals surface area contributed by atoms with Gasteiger partial charge in [-0.15, -0.1) is 0 Å². The number of nitrogens with zero attached hydrogens (tertiary/aromatic N) is 4. The number of benzene rings is 1. The molecule has 0 fully saturated rings. The van der Waals surface area contributed by atoms with Crippen LogP contribution in [-0.4, -0.2) is 32.5 Å². The lowest BCUT2D eigenvalue weighted by Gasteiger charge is -2.27. The Morgan fingerprint density at radius 3 is 2.25 bits per heavy atom. The highest BCUT2D eigenvalue weighted by atomic mass is 19.4. The second-order valence-electron chi connectivity index (χ2n) is 6.55. The van der Waals surface area contributed by atoms with E-state index in [1.165, 1.54) is 29.2 Å². The second kappa shape index (κ2) is 7.41. The van der Waals surface area contributed by atoms with Gasteiger partial charge in [0.05, 0.1) is 11.2 Å². The van der Waals surface area contributed by atoms with Gasteiger partial charge in [-0.05, 0) is 25.5 Å². The molecule has 0 aliphatic carbocycles. The van der Waals surface area contributed by atoms with Gasteiger partial charge in [0.15, 0.2) is 6.61 Å². The number of ether oxygens (including phenoxy) is 1. The molecule has 2 heterocycles. The lowest BCUT2D eigenvalue weighted by Crippen LogP contribution is -2.39. The van der Waals surface area contributed by atoms with Gasteiger partial charge in [-0.3, -0.25) is 4.79 Å². The quantitative estimate of drug-likeness (QED) is 0.668. The van der Waals surface area contributed by atoms with Gasteiger partial charge in [-0.25, -0.2) is 14.6 Å². The molecule has 9 heteroatoms. The molecule has 0 bridgehead atoms. The van der Waals surface area contributed by atoms with Crippen LogP contribution in [-0.2, 0) is 5.54 Å². The van der Waals surface area contributed by atoms with Crippen molar-refractivity contribution in [3.63, 3.8) is 0 Å². The number of alkyl halides is 3. The maximum absolute atomic E-state index is 12.4. The van der Waals surface area contributed by atoms with Crippen LogP contribution < -0.4 is 10.3 Å². The summed E-state index contributed by atoms with van der Waals surface area (Å²) in [5.41, 5.74) is 0.742. The fourth-order valence-electron chi connectivity index (χ4n) is 2.60. The third-order valence-electron chi connectivity index (χ3n) is 4.10. The van der Waals surface area contributed by atoms with Crippen molar-refractivity contribution in [3.05, 3.63) is 70.8 Å². The predicted molar refractivity (Wildman–Crippen MR) is 95.9 cm³/mol. The van der Waals surface area contributed by atoms with Crippen LogP contribution in [0.4, 0.5) is 13.2 Å². The van der Waals surface area contributed by atoms with E-state index in [4.69, 9.17) is 0 Å². The Hall–Kier alpha value is -3.23. The summed E-state index contributed by atoms with van der Waals surface area (Å²) in [6.45, 7) is 2.26. The van der Waals surface area contributed by atoms with Crippen molar-refractivity contribution in [2.24, 2.45) is 0 Å². The highest BCUT2D eigenvalue weighted by Crippen LogP contribution is 2.24. The fourth-order valence-corrected chi connectivity index (χ4v) is 2.60. The van der Waals surface area contributed by atoms with Gasteiger partial charge in [0.25, 0.3) is 5.56 Å². The molecular weight excluding hydrogens is 373 g/mol. The van der Waals surface area contributed by atoms with Gasteiger partial charge in [0.2, 0.25) is 0 Å². The molecule has 2 aromatic heterocycles. The first kappa shape index (κ1) is 19.5. The molecule has 0 amide bonds. The van der Waals surface area contributed by atoms with Crippen molar-refractivity contribution in [1.29, 1.82) is 0 Å². The van der Waals surface area contributed by atoms with Gasteiger partial charge in [0.1, 0.15) is 0 Å². The maximum atomic E-state index is 12.4. The Balaban J connectivity index is 1.90. The van der Waals surface area contributed by atoms with Crippen molar-refractivity contribution in [1.82, 2.24) is 19.7 Å². The Morgan fingerprint density at radius 1 is 1.00 bits per heavy atom. The molecule has 0 radical (unpaired) electrons. The van der Waals surface area contributed by atoms with Crippen LogP contribution in [0.25, 0.3) is 11.3 Å². The summed E-state index contributed by atoms with van der Waals surface area (Å²) in [5.74, 6) is 0. The minimum Gasteiger partial charge on any atom is -0.454 e. The van der Waals surface area contributed by atoms with Crippen LogP contribution in [0.3, 0.4) is 0 Å². The molecule has 0 unspecified atom stereocenters. The highest BCUT2D eigenvalue weighted by molar-refractivity contribution is 5.55. The Morgan fingerprint density at radius 2 is 1.64 bits per heavy atom. The minimum absolute atomic E-state index is 0.288. The van der Waals surface area contributed by atoms with Crippen LogP contribution in [0.1, 0.15) is 19.4 Å². The van der Waals surface area contributed by atoms with E-state index in [1.807, 2.05) is 44.2 Å². The zero-order chi connectivity index (χ0) is 20.4. The molecule has 6 nitrogen and oxygen atoms in total. The van der Waals surface area contributed by atoms with Gasteiger partial charge >= 0.3 is 12.2 Å². The van der Waals surface area contributed by atoms with E-state index in [2.05, 4.69) is 19.8 Å². The lowest BCUT2D eigenvalue weighted by atomic mass is 9.94. The average molecular weight is 390 g/mol. The summed E-state index contributed by atoms with van der Waals surface area (Å²) in [6, 6.07) is 11.9. The standard InChI is InChI=1S/C19H17F3N4O2/c1-18(2,14-6-4-3-5-7-14)26-16(27)9-8-15(25-26)13-10-23-17(24-11-13)28-12-19(20,21)22/h3-11H,12H2,1-2H3. The Kier molecular flexibility index (Phi) is 5.17. The summed E-state index contributed by atoms with van der Waals surface area (Å²) in [7, 11) is 0. The first-order chi connectivity index (χ1) is 13.2. The normalized spacial score (nSPS) is 12.0. The molecule has 0 aliphatic rings. The highest BCUT2D eigenvalue weighted by Gasteiger charge is 2.29. The molecule has 1 aromatic carbocycles. The van der Waals surface area contributed by atoms with Crippen LogP contribution in [0.5, 0.6) is 6.01 Å². The molecule has 0 N–H and O–H groups in total. The van der Waals surface area contributed by atoms with Crippen LogP contribution >= 0.6 is 0 Å². The molecular formula is C19H17F3N4O2. The molecule has 0 spiro atoms. The largest absolute Gasteiger partial charge is 0.454 e. The van der Waals surface area contributed by atoms with E-state index in [0.717, 1.165) is 5.56 Å². The van der Waals surface area contributed by atoms with Crippen molar-refractivity contribution >= 4 is 0 Å². The van der Waals surface area contributed by atoms with Crippen LogP contribution in [0.15, 0.2) is 59.7 Å². The van der Waals surface area contributed by atoms with Gasteiger partial charge < -0.3 is 4.74 Å². The molecule has 0 saturated carbocycles. The maximum Gasteiger partial charge on any atom is 0.422 e. The van der Waals surface area contributed by atoms with E-state index >= 15 is 0 Å². The summed E-state index contributed by atoms with van der Waals surface area (Å²) in [4.78, 5) is 19.9. The topological polar surface area (TPSA) is 69.9 Å². The summed E-state index contributed by atoms with van der Waals surface area (Å²) >= 11 is 0. The van der Waals surface area contributed by atoms with Gasteiger partial charge in [-0.2, -0.15) is 18.3 Å². The monoisotopic (exact) mass is 390 g/mol. The lowest BCUT2D eigenvalue weighted by molar-refractivity contribution is -0.154. The average Bonchev–Trinajstić information content (AvgIpc) is 2.67. The van der Waals surface area contributed by atoms with Crippen LogP contribution in [0, 0.1) is 0 Å². The molecule has 28 heavy (non-hydrogen) atoms. The second-order valence-corrected chi connectivity index (χ2v) is 6.55. The van der Waals surface area contributed by atoms with Gasteiger partial charge in [0, 0.05) is 24.0 Å². The third-order valence-corrected chi connectivity index (χ3v) is 4.10. The number of halogens is 3. The van der Waals surface area contributed by atoms with Crippen molar-refractivity contribution in [3.8, 4) is 17.3 Å². The molecule has 0 saturated heterocycles. The third kappa shape index (κ3) is 4.36. The zero-order valence-corrected chi connectivity index (χ0v) is 15.1. The van der Waals surface area contributed by atoms with Gasteiger partial charge in [-0.1, -0.05) is 30.3 Å². The Labute approximate surface area is 158 Å². The summed E-state index contributed by atoms with van der Waals surface area (Å²) < 4.78 is 42.4. The number of aromatic nitrogens is 4. The van der Waals surface area contributed by atoms with E-state index < -0.39 is 18.3 Å². The molecule has 3 rings (SSSR count). The Bertz CT molecular complexity index is 1000. The van der Waals surface area contributed by atoms with Crippen LogP contribution in [0.2, 0.25) is 0 Å². The molecule has 146 valence electrons. The SMILES string of the molecule is CC(C)(c1ccccc1)n1nc(-c2cnc(OCC(F)(F)F)nc2)ccc1=O. The van der Waals surface area contributed by atoms with E-state index in [1.54, 1.807) is 0 Å². The molecule has 3 aromatic rings. The van der Waals surface area contributed by atoms with Crippen molar-refractivity contribution < 1.29 is 17.9 Å². The van der Waals surface area contributed by atoms with E-state index in [9.17, 15) is 18.0 Å². The smallest absolute Gasteiger partial charge is 0.422 e. The molecule has 0 aliphatic heterocycles. The summed E-state index contributed by atoms with van der Waals surface area (Å²) in [5, 5.41) is 4.41. The fraction of sp³-hybridized carbons (Fsp3) is 0.263. The summed E-state index contributed by atoms with van der Waals surface area (Å²) in [6.07, 6.45) is -1.88. The minimum atomic E-state index is -4.47. The number of hydrogen-bond acceptors (Lipinski definition) is 5. The van der Waals surface area contributed by atoms with Crippen molar-refractivity contribution in [2.45, 2.75) is 25.6 Å². The first-order valence-electron chi connectivity index (χ1n) is 8.35. The van der Waals surface area contributed by atoms with Crippen molar-refractivity contribution in [2.75, 3.05) is 6.61 Å². The zero-order valence-electron chi connectivity index (χ0n) is 15.1. The first-order valence-corrected chi connectivity index (χ1v) is 8.35. The van der Waals surface area contributed by atoms with E-state index in [-0.39, 0.29) is 11.6 Å². The number of rotatable bonds is 5. The predicted octanol–water partition coefficient (Wildman–Crippen LogP) is 3.42. The molecule has 0 atom stereocenters. The van der Waals surface area contributed by atoms with E-state index in [0.29, 0.717) is 11.3 Å².